The van der Waals surface area contributed by atoms with E-state index >= 15 is 0 Å². The van der Waals surface area contributed by atoms with E-state index in [2.05, 4.69) is 6.07 Å². The fourth-order valence-electron chi connectivity index (χ4n) is 2.88. The van der Waals surface area contributed by atoms with Crippen LogP contribution in [0.25, 0.3) is 0 Å². The average Bonchev–Trinajstić information content (AvgIpc) is 2.59. The van der Waals surface area contributed by atoms with Gasteiger partial charge in [0.25, 0.3) is 0 Å². The van der Waals surface area contributed by atoms with E-state index < -0.39 is 0 Å². The molecular formula is C15H16N2O. The second-order valence-electron chi connectivity index (χ2n) is 5.22. The predicted molar refractivity (Wildman–Crippen MR) is 69.1 cm³/mol. The number of hydrogen-bond acceptors (Lipinski definition) is 2. The minimum Gasteiger partial charge on any atom is -0.311 e. The van der Waals surface area contributed by atoms with Gasteiger partial charge in [0.05, 0.1) is 18.4 Å². The highest BCUT2D eigenvalue weighted by molar-refractivity contribution is 6.05. The molecule has 0 saturated heterocycles. The first-order valence-corrected chi connectivity index (χ1v) is 6.58. The van der Waals surface area contributed by atoms with Crippen molar-refractivity contribution in [2.45, 2.75) is 31.6 Å². The van der Waals surface area contributed by atoms with Gasteiger partial charge >= 0.3 is 0 Å². The predicted octanol–water partition coefficient (Wildman–Crippen LogP) is 2.83. The number of carbonyl (C=O) groups excluding carboxylic acids is 1. The van der Waals surface area contributed by atoms with Gasteiger partial charge < -0.3 is 4.90 Å². The Morgan fingerprint density at radius 1 is 1.33 bits per heavy atom. The van der Waals surface area contributed by atoms with E-state index in [-0.39, 0.29) is 18.2 Å². The molecule has 1 aromatic rings. The molecule has 92 valence electrons. The fraction of sp³-hybridized carbons (Fsp3) is 0.467. The molecule has 1 aliphatic heterocycles. The van der Waals surface area contributed by atoms with Crippen LogP contribution in [0, 0.1) is 17.2 Å². The highest BCUT2D eigenvalue weighted by Gasteiger charge is 2.38. The van der Waals surface area contributed by atoms with Crippen molar-refractivity contribution < 1.29 is 4.79 Å². The van der Waals surface area contributed by atoms with E-state index in [9.17, 15) is 4.79 Å². The Balaban J connectivity index is 1.90. The van der Waals surface area contributed by atoms with Crippen molar-refractivity contribution in [3.63, 3.8) is 0 Å². The number of benzene rings is 1. The second kappa shape index (κ2) is 4.45. The first kappa shape index (κ1) is 11.3. The zero-order chi connectivity index (χ0) is 12.5. The maximum absolute atomic E-state index is 12.4. The Bertz CT molecular complexity index is 513. The topological polar surface area (TPSA) is 44.1 Å². The third-order valence-electron chi connectivity index (χ3n) is 4.13. The van der Waals surface area contributed by atoms with E-state index in [4.69, 9.17) is 5.26 Å². The van der Waals surface area contributed by atoms with Gasteiger partial charge in [-0.3, -0.25) is 4.79 Å². The van der Waals surface area contributed by atoms with Gasteiger partial charge in [-0.15, -0.1) is 0 Å². The molecule has 0 radical (unpaired) electrons. The molecule has 1 amide bonds. The summed E-state index contributed by atoms with van der Waals surface area (Å²) in [6, 6.07) is 10.0. The summed E-state index contributed by atoms with van der Waals surface area (Å²) in [5.41, 5.74) is 2.05. The molecule has 0 spiro atoms. The molecule has 1 aliphatic carbocycles. The maximum Gasteiger partial charge on any atom is 0.235 e. The molecule has 3 heteroatoms. The van der Waals surface area contributed by atoms with Gasteiger partial charge in [-0.25, -0.2) is 0 Å². The Kier molecular flexibility index (Phi) is 2.79. The van der Waals surface area contributed by atoms with Crippen molar-refractivity contribution in [3.8, 4) is 6.07 Å². The normalized spacial score (nSPS) is 22.5. The van der Waals surface area contributed by atoms with Gasteiger partial charge in [0.1, 0.15) is 0 Å². The van der Waals surface area contributed by atoms with Crippen molar-refractivity contribution in [1.29, 1.82) is 5.26 Å². The highest BCUT2D eigenvalue weighted by atomic mass is 16.2. The Hall–Kier alpha value is -1.82. The second-order valence-corrected chi connectivity index (χ2v) is 5.22. The number of hydrogen-bond donors (Lipinski definition) is 0. The zero-order valence-electron chi connectivity index (χ0n) is 10.3. The summed E-state index contributed by atoms with van der Waals surface area (Å²) in [7, 11) is 0. The monoisotopic (exact) mass is 240 g/mol. The van der Waals surface area contributed by atoms with Gasteiger partial charge in [-0.05, 0) is 30.4 Å². The molecular weight excluding hydrogens is 224 g/mol. The summed E-state index contributed by atoms with van der Waals surface area (Å²) in [5.74, 6) is 0.527. The molecule has 3 rings (SSSR count). The number of fused-ring (bicyclic) bond motifs is 1. The van der Waals surface area contributed by atoms with Crippen LogP contribution < -0.4 is 4.90 Å². The van der Waals surface area contributed by atoms with Crippen molar-refractivity contribution in [2.75, 3.05) is 11.4 Å². The van der Waals surface area contributed by atoms with E-state index in [1.54, 1.807) is 0 Å². The molecule has 1 unspecified atom stereocenters. The largest absolute Gasteiger partial charge is 0.311 e. The van der Waals surface area contributed by atoms with Crippen LogP contribution in [0.2, 0.25) is 0 Å². The average molecular weight is 240 g/mol. The minimum atomic E-state index is -0.244. The lowest BCUT2D eigenvalue weighted by molar-refractivity contribution is -0.119. The third kappa shape index (κ3) is 1.69. The van der Waals surface area contributed by atoms with Gasteiger partial charge in [-0.1, -0.05) is 24.6 Å². The van der Waals surface area contributed by atoms with Crippen LogP contribution in [-0.4, -0.2) is 12.5 Å². The number of nitriles is 1. The summed E-state index contributed by atoms with van der Waals surface area (Å²) in [6.45, 7) is 0.831. The Morgan fingerprint density at radius 2 is 2.11 bits per heavy atom. The van der Waals surface area contributed by atoms with Crippen molar-refractivity contribution in [1.82, 2.24) is 0 Å². The first-order valence-electron chi connectivity index (χ1n) is 6.58. The van der Waals surface area contributed by atoms with Gasteiger partial charge in [-0.2, -0.15) is 5.26 Å². The van der Waals surface area contributed by atoms with E-state index in [1.807, 2.05) is 29.2 Å². The van der Waals surface area contributed by atoms with Crippen LogP contribution in [0.15, 0.2) is 24.3 Å². The SMILES string of the molecule is N#CCC1C(=O)N(CC2CCC2)c2ccccc21. The lowest BCUT2D eigenvalue weighted by atomic mass is 9.85. The molecule has 1 heterocycles. The van der Waals surface area contributed by atoms with Crippen LogP contribution >= 0.6 is 0 Å². The van der Waals surface area contributed by atoms with Crippen molar-refractivity contribution in [2.24, 2.45) is 5.92 Å². The van der Waals surface area contributed by atoms with Crippen LogP contribution in [0.5, 0.6) is 0 Å². The standard InChI is InChI=1S/C15H16N2O/c16-9-8-13-12-6-1-2-7-14(12)17(15(13)18)10-11-4-3-5-11/h1-2,6-7,11,13H,3-5,8,10H2. The summed E-state index contributed by atoms with van der Waals surface area (Å²) in [4.78, 5) is 14.3. The van der Waals surface area contributed by atoms with Crippen molar-refractivity contribution >= 4 is 11.6 Å². The highest BCUT2D eigenvalue weighted by Crippen LogP contribution is 2.40. The maximum atomic E-state index is 12.4. The van der Waals surface area contributed by atoms with Crippen LogP contribution in [0.3, 0.4) is 0 Å². The Morgan fingerprint density at radius 3 is 2.78 bits per heavy atom. The number of anilines is 1. The number of rotatable bonds is 3. The molecule has 18 heavy (non-hydrogen) atoms. The van der Waals surface area contributed by atoms with Crippen molar-refractivity contribution in [3.05, 3.63) is 29.8 Å². The van der Waals surface area contributed by atoms with Crippen LogP contribution in [-0.2, 0) is 4.79 Å². The number of para-hydroxylation sites is 1. The van der Waals surface area contributed by atoms with E-state index in [0.29, 0.717) is 5.92 Å². The summed E-state index contributed by atoms with van der Waals surface area (Å²) in [5, 5.41) is 8.87. The zero-order valence-corrected chi connectivity index (χ0v) is 10.3. The smallest absolute Gasteiger partial charge is 0.235 e. The van der Waals surface area contributed by atoms with Gasteiger partial charge in [0.2, 0.25) is 5.91 Å². The molecule has 1 fully saturated rings. The van der Waals surface area contributed by atoms with Gasteiger partial charge in [0.15, 0.2) is 0 Å². The summed E-state index contributed by atoms with van der Waals surface area (Å²) >= 11 is 0. The Labute approximate surface area is 107 Å². The minimum absolute atomic E-state index is 0.115. The molecule has 0 N–H and O–H groups in total. The molecule has 2 aliphatic rings. The molecule has 1 atom stereocenters. The third-order valence-corrected chi connectivity index (χ3v) is 4.13. The number of amides is 1. The number of carbonyl (C=O) groups is 1. The van der Waals surface area contributed by atoms with Crippen LogP contribution in [0.1, 0.15) is 37.2 Å². The summed E-state index contributed by atoms with van der Waals surface area (Å²) in [6.07, 6.45) is 4.04. The van der Waals surface area contributed by atoms with Crippen LogP contribution in [0.4, 0.5) is 5.69 Å². The molecule has 1 saturated carbocycles. The summed E-state index contributed by atoms with van der Waals surface area (Å²) < 4.78 is 0. The lowest BCUT2D eigenvalue weighted by Crippen LogP contribution is -2.35. The van der Waals surface area contributed by atoms with E-state index in [1.165, 1.54) is 19.3 Å². The first-order chi connectivity index (χ1) is 8.81. The van der Waals surface area contributed by atoms with E-state index in [0.717, 1.165) is 17.8 Å². The lowest BCUT2D eigenvalue weighted by Gasteiger charge is -2.30. The molecule has 0 aromatic heterocycles. The van der Waals surface area contributed by atoms with Gasteiger partial charge in [0, 0.05) is 12.2 Å². The number of nitrogens with zero attached hydrogens (tertiary/aromatic N) is 2. The fourth-order valence-corrected chi connectivity index (χ4v) is 2.88. The molecule has 0 bridgehead atoms. The molecule has 1 aromatic carbocycles. The quantitative estimate of drug-likeness (QED) is 0.815. The molecule has 3 nitrogen and oxygen atoms in total.